The van der Waals surface area contributed by atoms with Gasteiger partial charge in [-0.1, -0.05) is 19.1 Å². The van der Waals surface area contributed by atoms with E-state index in [0.717, 1.165) is 24.4 Å². The van der Waals surface area contributed by atoms with E-state index in [1.54, 1.807) is 0 Å². The minimum atomic E-state index is -4.10. The number of hydrogen-bond donors (Lipinski definition) is 1. The van der Waals surface area contributed by atoms with E-state index >= 15 is 0 Å². The molecular weight excluding hydrogens is 283 g/mol. The van der Waals surface area contributed by atoms with Crippen LogP contribution < -0.4 is 10.1 Å². The summed E-state index contributed by atoms with van der Waals surface area (Å²) in [6.07, 6.45) is -4.92. The van der Waals surface area contributed by atoms with E-state index in [1.807, 2.05) is 31.2 Å². The van der Waals surface area contributed by atoms with Crippen molar-refractivity contribution in [2.24, 2.45) is 0 Å². The quantitative estimate of drug-likeness (QED) is 0.671. The predicted octanol–water partition coefficient (Wildman–Crippen LogP) is 3.53. The maximum atomic E-state index is 11.9. The third-order valence-corrected chi connectivity index (χ3v) is 2.72. The van der Waals surface area contributed by atoms with Crippen LogP contribution in [0.4, 0.5) is 13.2 Å². The Morgan fingerprint density at radius 1 is 1.14 bits per heavy atom. The second-order valence-corrected chi connectivity index (χ2v) is 4.61. The molecule has 21 heavy (non-hydrogen) atoms. The van der Waals surface area contributed by atoms with Crippen molar-refractivity contribution in [2.45, 2.75) is 32.5 Å². The maximum absolute atomic E-state index is 11.9. The van der Waals surface area contributed by atoms with Crippen LogP contribution in [0.5, 0.6) is 5.75 Å². The Morgan fingerprint density at radius 3 is 2.67 bits per heavy atom. The topological polar surface area (TPSA) is 30.5 Å². The molecule has 0 radical (unpaired) electrons. The summed E-state index contributed by atoms with van der Waals surface area (Å²) in [5.74, 6) is 0.740. The molecule has 0 heterocycles. The first-order chi connectivity index (χ1) is 10.0. The number of nitrogens with one attached hydrogen (secondary N) is 1. The second-order valence-electron chi connectivity index (χ2n) is 4.61. The molecule has 1 aromatic carbocycles. The van der Waals surface area contributed by atoms with Gasteiger partial charge in [0.05, 0.1) is 6.61 Å². The molecule has 0 aliphatic carbocycles. The molecule has 0 spiro atoms. The van der Waals surface area contributed by atoms with Gasteiger partial charge in [-0.05, 0) is 30.7 Å². The van der Waals surface area contributed by atoms with Crippen molar-refractivity contribution >= 4 is 0 Å². The number of rotatable bonds is 10. The van der Waals surface area contributed by atoms with Crippen molar-refractivity contribution in [2.75, 3.05) is 26.4 Å². The fraction of sp³-hybridized carbons (Fsp3) is 0.600. The van der Waals surface area contributed by atoms with E-state index in [9.17, 15) is 13.2 Å². The molecule has 0 fully saturated rings. The van der Waals surface area contributed by atoms with Gasteiger partial charge in [0, 0.05) is 19.6 Å². The highest BCUT2D eigenvalue weighted by Gasteiger charge is 2.25. The van der Waals surface area contributed by atoms with E-state index in [-0.39, 0.29) is 19.6 Å². The summed E-state index contributed by atoms with van der Waals surface area (Å²) in [5.41, 5.74) is 1.13. The van der Waals surface area contributed by atoms with Gasteiger partial charge in [-0.2, -0.15) is 13.2 Å². The Balaban J connectivity index is 2.12. The van der Waals surface area contributed by atoms with Gasteiger partial charge >= 0.3 is 6.18 Å². The Bertz CT molecular complexity index is 397. The molecule has 1 N–H and O–H groups in total. The highest BCUT2D eigenvalue weighted by Crippen LogP contribution is 2.21. The van der Waals surface area contributed by atoms with Crippen LogP contribution in [0.2, 0.25) is 0 Å². The van der Waals surface area contributed by atoms with Crippen molar-refractivity contribution < 1.29 is 22.6 Å². The van der Waals surface area contributed by atoms with Crippen LogP contribution in [0.3, 0.4) is 0 Å². The van der Waals surface area contributed by atoms with Gasteiger partial charge in [-0.25, -0.2) is 0 Å². The zero-order valence-electron chi connectivity index (χ0n) is 12.2. The third kappa shape index (κ3) is 9.31. The number of hydrogen-bond acceptors (Lipinski definition) is 3. The van der Waals surface area contributed by atoms with Crippen LogP contribution in [0.25, 0.3) is 0 Å². The molecule has 120 valence electrons. The summed E-state index contributed by atoms with van der Waals surface area (Å²) in [4.78, 5) is 0. The first-order valence-electron chi connectivity index (χ1n) is 7.08. The van der Waals surface area contributed by atoms with Crippen LogP contribution in [0.15, 0.2) is 24.3 Å². The van der Waals surface area contributed by atoms with Crippen molar-refractivity contribution in [1.82, 2.24) is 5.32 Å². The summed E-state index contributed by atoms with van der Waals surface area (Å²) in [6, 6.07) is 7.70. The Kier molecular flexibility index (Phi) is 8.15. The Hall–Kier alpha value is -1.27. The summed E-state index contributed by atoms with van der Waals surface area (Å²) < 4.78 is 46.3. The van der Waals surface area contributed by atoms with Crippen molar-refractivity contribution in [3.63, 3.8) is 0 Å². The molecule has 6 heteroatoms. The smallest absolute Gasteiger partial charge is 0.389 e. The number of halogens is 3. The average Bonchev–Trinajstić information content (AvgIpc) is 2.43. The van der Waals surface area contributed by atoms with Crippen LogP contribution in [-0.4, -0.2) is 32.5 Å². The summed E-state index contributed by atoms with van der Waals surface area (Å²) in [5, 5.41) is 3.22. The predicted molar refractivity (Wildman–Crippen MR) is 75.4 cm³/mol. The number of benzene rings is 1. The molecule has 0 unspecified atom stereocenters. The number of alkyl halides is 3. The summed E-state index contributed by atoms with van der Waals surface area (Å²) in [7, 11) is 0. The molecular formula is C15H22F3NO2. The molecule has 0 amide bonds. The molecule has 1 rings (SSSR count). The SMILES string of the molecule is CCNCc1cccc(OCCOCCCC(F)(F)F)c1. The van der Waals surface area contributed by atoms with Gasteiger partial charge < -0.3 is 14.8 Å². The Morgan fingerprint density at radius 2 is 1.95 bits per heavy atom. The van der Waals surface area contributed by atoms with Crippen LogP contribution in [0.1, 0.15) is 25.3 Å². The van der Waals surface area contributed by atoms with E-state index < -0.39 is 12.6 Å². The molecule has 0 saturated heterocycles. The van der Waals surface area contributed by atoms with Crippen molar-refractivity contribution in [3.8, 4) is 5.75 Å². The minimum absolute atomic E-state index is 0.0122. The lowest BCUT2D eigenvalue weighted by Gasteiger charge is -2.09. The minimum Gasteiger partial charge on any atom is -0.491 e. The molecule has 0 aliphatic heterocycles. The lowest BCUT2D eigenvalue weighted by molar-refractivity contribution is -0.138. The monoisotopic (exact) mass is 305 g/mol. The zero-order chi connectivity index (χ0) is 15.6. The van der Waals surface area contributed by atoms with Gasteiger partial charge in [0.2, 0.25) is 0 Å². The lowest BCUT2D eigenvalue weighted by atomic mass is 10.2. The summed E-state index contributed by atoms with van der Waals surface area (Å²) >= 11 is 0. The molecule has 0 atom stereocenters. The van der Waals surface area contributed by atoms with Gasteiger partial charge in [-0.3, -0.25) is 0 Å². The second kappa shape index (κ2) is 9.63. The number of ether oxygens (including phenoxy) is 2. The lowest BCUT2D eigenvalue weighted by Crippen LogP contribution is -2.12. The van der Waals surface area contributed by atoms with Crippen LogP contribution >= 0.6 is 0 Å². The average molecular weight is 305 g/mol. The van der Waals surface area contributed by atoms with Crippen LogP contribution in [-0.2, 0) is 11.3 Å². The van der Waals surface area contributed by atoms with Crippen molar-refractivity contribution in [3.05, 3.63) is 29.8 Å². The molecule has 3 nitrogen and oxygen atoms in total. The van der Waals surface area contributed by atoms with E-state index in [1.165, 1.54) is 0 Å². The van der Waals surface area contributed by atoms with E-state index in [2.05, 4.69) is 5.32 Å². The standard InChI is InChI=1S/C15H22F3NO2/c1-2-19-12-13-5-3-6-14(11-13)21-10-9-20-8-4-7-15(16,17)18/h3,5-6,11,19H,2,4,7-10,12H2,1H3. The first kappa shape index (κ1) is 17.8. The Labute approximate surface area is 123 Å². The van der Waals surface area contributed by atoms with Gasteiger partial charge in [0.15, 0.2) is 0 Å². The highest BCUT2D eigenvalue weighted by atomic mass is 19.4. The molecule has 1 aromatic rings. The normalized spacial score (nSPS) is 11.6. The highest BCUT2D eigenvalue weighted by molar-refractivity contribution is 5.28. The summed E-state index contributed by atoms with van der Waals surface area (Å²) in [6.45, 7) is 4.43. The zero-order valence-corrected chi connectivity index (χ0v) is 12.2. The van der Waals surface area contributed by atoms with Gasteiger partial charge in [0.25, 0.3) is 0 Å². The fourth-order valence-electron chi connectivity index (χ4n) is 1.71. The maximum Gasteiger partial charge on any atom is 0.389 e. The van der Waals surface area contributed by atoms with Crippen molar-refractivity contribution in [1.29, 1.82) is 0 Å². The molecule has 0 aliphatic rings. The molecule has 0 bridgehead atoms. The fourth-order valence-corrected chi connectivity index (χ4v) is 1.71. The molecule has 0 saturated carbocycles. The van der Waals surface area contributed by atoms with Gasteiger partial charge in [0.1, 0.15) is 12.4 Å². The van der Waals surface area contributed by atoms with E-state index in [4.69, 9.17) is 9.47 Å². The largest absolute Gasteiger partial charge is 0.491 e. The molecule has 0 aromatic heterocycles. The first-order valence-corrected chi connectivity index (χ1v) is 7.08. The van der Waals surface area contributed by atoms with E-state index in [0.29, 0.717) is 6.61 Å². The van der Waals surface area contributed by atoms with Gasteiger partial charge in [-0.15, -0.1) is 0 Å². The van der Waals surface area contributed by atoms with Crippen LogP contribution in [0, 0.1) is 0 Å². The third-order valence-electron chi connectivity index (χ3n) is 2.72.